The van der Waals surface area contributed by atoms with Crippen molar-refractivity contribution < 1.29 is 22.0 Å². The monoisotopic (exact) mass is 253 g/mol. The summed E-state index contributed by atoms with van der Waals surface area (Å²) >= 11 is 0. The molecule has 0 saturated heterocycles. The first-order chi connectivity index (χ1) is 7.46. The molecule has 0 unspecified atom stereocenters. The Hall–Kier alpha value is -1.17. The van der Waals surface area contributed by atoms with Crippen molar-refractivity contribution in [3.63, 3.8) is 0 Å². The molecule has 0 bridgehead atoms. The zero-order chi connectivity index (χ0) is 13.5. The van der Waals surface area contributed by atoms with Crippen LogP contribution in [-0.2, 0) is 11.5 Å². The van der Waals surface area contributed by atoms with Crippen molar-refractivity contribution >= 4 is 0 Å². The first-order valence-electron chi connectivity index (χ1n) is 4.80. The Balaban J connectivity index is 3.12. The van der Waals surface area contributed by atoms with Crippen molar-refractivity contribution in [2.75, 3.05) is 0 Å². The third kappa shape index (κ3) is 2.74. The van der Waals surface area contributed by atoms with E-state index in [2.05, 4.69) is 0 Å². The maximum Gasteiger partial charge on any atom is 0.458 e. The maximum atomic E-state index is 12.9. The van der Waals surface area contributed by atoms with Crippen LogP contribution >= 0.6 is 0 Å². The topological polar surface area (TPSA) is 26.0 Å². The lowest BCUT2D eigenvalue weighted by atomic mass is 9.94. The minimum Gasteiger partial charge on any atom is -0.322 e. The Labute approximate surface area is 95.4 Å². The number of nitrogens with two attached hydrogens (primary N) is 1. The van der Waals surface area contributed by atoms with Crippen molar-refractivity contribution in [1.82, 2.24) is 0 Å². The second-order valence-electron chi connectivity index (χ2n) is 4.37. The van der Waals surface area contributed by atoms with Crippen molar-refractivity contribution in [3.05, 3.63) is 35.4 Å². The van der Waals surface area contributed by atoms with Gasteiger partial charge in [-0.2, -0.15) is 22.0 Å². The molecule has 17 heavy (non-hydrogen) atoms. The van der Waals surface area contributed by atoms with Crippen LogP contribution in [0.2, 0.25) is 0 Å². The molecule has 0 radical (unpaired) electrons. The third-order valence-electron chi connectivity index (χ3n) is 2.35. The SMILES string of the molecule is CC(C)(N)c1ccc(C(F)(F)C(F)(F)F)cc1. The normalized spacial score (nSPS) is 13.9. The van der Waals surface area contributed by atoms with Gasteiger partial charge in [0.15, 0.2) is 0 Å². The molecule has 0 atom stereocenters. The Morgan fingerprint density at radius 2 is 1.18 bits per heavy atom. The van der Waals surface area contributed by atoms with E-state index in [-0.39, 0.29) is 0 Å². The number of hydrogen-bond donors (Lipinski definition) is 1. The number of rotatable bonds is 2. The standard InChI is InChI=1S/C11H12F5N/c1-9(2,17)7-3-5-8(6-4-7)10(12,13)11(14,15)16/h3-6H,17H2,1-2H3. The van der Waals surface area contributed by atoms with Gasteiger partial charge in [0.2, 0.25) is 0 Å². The van der Waals surface area contributed by atoms with Gasteiger partial charge in [-0.15, -0.1) is 0 Å². The summed E-state index contributed by atoms with van der Waals surface area (Å²) in [6.45, 7) is 3.26. The molecule has 1 aromatic carbocycles. The van der Waals surface area contributed by atoms with Gasteiger partial charge in [-0.25, -0.2) is 0 Å². The van der Waals surface area contributed by atoms with E-state index in [1.54, 1.807) is 13.8 Å². The van der Waals surface area contributed by atoms with Gasteiger partial charge in [0.25, 0.3) is 0 Å². The summed E-state index contributed by atoms with van der Waals surface area (Å²) in [4.78, 5) is 0. The molecule has 1 rings (SSSR count). The van der Waals surface area contributed by atoms with Gasteiger partial charge in [-0.1, -0.05) is 24.3 Å². The molecule has 0 amide bonds. The van der Waals surface area contributed by atoms with E-state index < -0.39 is 23.2 Å². The van der Waals surface area contributed by atoms with Crippen LogP contribution in [0.15, 0.2) is 24.3 Å². The zero-order valence-corrected chi connectivity index (χ0v) is 9.28. The highest BCUT2D eigenvalue weighted by atomic mass is 19.4. The predicted molar refractivity (Wildman–Crippen MR) is 53.6 cm³/mol. The van der Waals surface area contributed by atoms with E-state index in [0.29, 0.717) is 5.56 Å². The van der Waals surface area contributed by atoms with E-state index in [1.165, 1.54) is 12.1 Å². The van der Waals surface area contributed by atoms with Crippen molar-refractivity contribution in [2.24, 2.45) is 5.73 Å². The molecule has 0 aliphatic carbocycles. The average Bonchev–Trinajstić information content (AvgIpc) is 2.15. The number of hydrogen-bond acceptors (Lipinski definition) is 1. The summed E-state index contributed by atoms with van der Waals surface area (Å²) in [5.41, 5.74) is 4.31. The smallest absolute Gasteiger partial charge is 0.322 e. The molecular formula is C11H12F5N. The molecular weight excluding hydrogens is 241 g/mol. The minimum absolute atomic E-state index is 0.485. The largest absolute Gasteiger partial charge is 0.458 e. The molecule has 1 nitrogen and oxygen atoms in total. The van der Waals surface area contributed by atoms with E-state index in [9.17, 15) is 22.0 Å². The predicted octanol–water partition coefficient (Wildman–Crippen LogP) is 3.53. The Bertz CT molecular complexity index is 386. The molecule has 0 heterocycles. The third-order valence-corrected chi connectivity index (χ3v) is 2.35. The van der Waals surface area contributed by atoms with Crippen LogP contribution in [0, 0.1) is 0 Å². The van der Waals surface area contributed by atoms with E-state index in [0.717, 1.165) is 12.1 Å². The van der Waals surface area contributed by atoms with Gasteiger partial charge >= 0.3 is 12.1 Å². The molecule has 0 aliphatic heterocycles. The van der Waals surface area contributed by atoms with E-state index in [4.69, 9.17) is 5.73 Å². The zero-order valence-electron chi connectivity index (χ0n) is 9.28. The van der Waals surface area contributed by atoms with Gasteiger partial charge in [0.1, 0.15) is 0 Å². The van der Waals surface area contributed by atoms with Crippen LogP contribution in [0.3, 0.4) is 0 Å². The summed E-state index contributed by atoms with van der Waals surface area (Å²) in [5, 5.41) is 0. The molecule has 96 valence electrons. The highest BCUT2D eigenvalue weighted by Crippen LogP contribution is 2.43. The summed E-state index contributed by atoms with van der Waals surface area (Å²) < 4.78 is 62.1. The minimum atomic E-state index is -5.59. The average molecular weight is 253 g/mol. The fourth-order valence-corrected chi connectivity index (χ4v) is 1.27. The van der Waals surface area contributed by atoms with Crippen LogP contribution in [0.4, 0.5) is 22.0 Å². The van der Waals surface area contributed by atoms with Gasteiger partial charge in [0, 0.05) is 11.1 Å². The molecule has 0 fully saturated rings. The van der Waals surface area contributed by atoms with Crippen LogP contribution in [-0.4, -0.2) is 6.18 Å². The van der Waals surface area contributed by atoms with Gasteiger partial charge in [-0.05, 0) is 19.4 Å². The Morgan fingerprint density at radius 1 is 0.824 bits per heavy atom. The van der Waals surface area contributed by atoms with Gasteiger partial charge < -0.3 is 5.73 Å². The number of benzene rings is 1. The molecule has 0 aliphatic rings. The van der Waals surface area contributed by atoms with E-state index >= 15 is 0 Å². The number of alkyl halides is 5. The maximum absolute atomic E-state index is 12.9. The summed E-state index contributed by atoms with van der Waals surface area (Å²) in [6, 6.07) is 3.85. The first kappa shape index (κ1) is 13.9. The first-order valence-corrected chi connectivity index (χ1v) is 4.80. The quantitative estimate of drug-likeness (QED) is 0.801. The fraction of sp³-hybridized carbons (Fsp3) is 0.455. The van der Waals surface area contributed by atoms with Crippen LogP contribution < -0.4 is 5.73 Å². The lowest BCUT2D eigenvalue weighted by molar-refractivity contribution is -0.289. The Morgan fingerprint density at radius 3 is 1.47 bits per heavy atom. The Kier molecular flexibility index (Phi) is 3.22. The van der Waals surface area contributed by atoms with Crippen molar-refractivity contribution in [1.29, 1.82) is 0 Å². The second-order valence-corrected chi connectivity index (χ2v) is 4.37. The molecule has 0 saturated carbocycles. The van der Waals surface area contributed by atoms with E-state index in [1.807, 2.05) is 0 Å². The van der Waals surface area contributed by atoms with Gasteiger partial charge in [-0.3, -0.25) is 0 Å². The highest BCUT2D eigenvalue weighted by molar-refractivity contribution is 5.30. The van der Waals surface area contributed by atoms with Crippen LogP contribution in [0.25, 0.3) is 0 Å². The van der Waals surface area contributed by atoms with Crippen molar-refractivity contribution in [2.45, 2.75) is 31.5 Å². The second kappa shape index (κ2) is 3.94. The molecule has 2 N–H and O–H groups in total. The summed E-state index contributed by atoms with van der Waals surface area (Å²) in [6.07, 6.45) is -5.59. The lowest BCUT2D eigenvalue weighted by Gasteiger charge is -2.22. The molecule has 6 heteroatoms. The van der Waals surface area contributed by atoms with Crippen LogP contribution in [0.1, 0.15) is 25.0 Å². The lowest BCUT2D eigenvalue weighted by Crippen LogP contribution is -2.34. The summed E-state index contributed by atoms with van der Waals surface area (Å²) in [7, 11) is 0. The van der Waals surface area contributed by atoms with Crippen molar-refractivity contribution in [3.8, 4) is 0 Å². The van der Waals surface area contributed by atoms with Crippen LogP contribution in [0.5, 0.6) is 0 Å². The summed E-state index contributed by atoms with van der Waals surface area (Å²) in [5.74, 6) is -4.84. The van der Waals surface area contributed by atoms with Gasteiger partial charge in [0.05, 0.1) is 0 Å². The number of halogens is 5. The molecule has 0 spiro atoms. The highest BCUT2D eigenvalue weighted by Gasteiger charge is 2.58. The fourth-order valence-electron chi connectivity index (χ4n) is 1.27. The molecule has 0 aromatic heterocycles. The molecule has 1 aromatic rings.